The highest BCUT2D eigenvalue weighted by Gasteiger charge is 2.02. The van der Waals surface area contributed by atoms with E-state index in [1.165, 1.54) is 11.1 Å². The molecule has 2 rings (SSSR count). The molecule has 0 radical (unpaired) electrons. The van der Waals surface area contributed by atoms with Gasteiger partial charge in [0.05, 0.1) is 5.33 Å². The van der Waals surface area contributed by atoms with E-state index in [0.717, 1.165) is 37.8 Å². The first kappa shape index (κ1) is 29.7. The normalized spacial score (nSPS) is 10.3. The van der Waals surface area contributed by atoms with Gasteiger partial charge in [0.1, 0.15) is 0 Å². The number of nitrogens with one attached hydrogen (secondary N) is 1. The summed E-state index contributed by atoms with van der Waals surface area (Å²) in [5.74, 6) is 0. The van der Waals surface area contributed by atoms with E-state index in [1.54, 1.807) is 28.4 Å². The highest BCUT2D eigenvalue weighted by atomic mass is 79.9. The summed E-state index contributed by atoms with van der Waals surface area (Å²) in [4.78, 5) is 0. The van der Waals surface area contributed by atoms with Gasteiger partial charge in [-0.1, -0.05) is 76.6 Å². The van der Waals surface area contributed by atoms with Crippen molar-refractivity contribution in [1.82, 2.24) is 5.32 Å². The van der Waals surface area contributed by atoms with E-state index in [0.29, 0.717) is 0 Å². The Morgan fingerprint density at radius 2 is 1.19 bits per heavy atom. The molecule has 2 aromatic carbocycles. The largest absolute Gasteiger partial charge is 0.355 e. The lowest BCUT2D eigenvalue weighted by atomic mass is 10.1. The first-order valence-electron chi connectivity index (χ1n) is 10.3. The first-order chi connectivity index (χ1) is 15.1. The van der Waals surface area contributed by atoms with Crippen LogP contribution in [-0.2, 0) is 31.8 Å². The summed E-state index contributed by atoms with van der Waals surface area (Å²) in [5.41, 5.74) is 8.02. The molecule has 0 bridgehead atoms. The molecule has 0 heterocycles. The van der Waals surface area contributed by atoms with Crippen molar-refractivity contribution in [2.75, 3.05) is 53.4 Å². The van der Waals surface area contributed by atoms with Gasteiger partial charge in [-0.3, -0.25) is 0 Å². The molecular weight excluding hydrogens is 460 g/mol. The van der Waals surface area contributed by atoms with Gasteiger partial charge in [-0.05, 0) is 37.1 Å². The van der Waals surface area contributed by atoms with Crippen molar-refractivity contribution in [3.05, 3.63) is 71.8 Å². The fourth-order valence-corrected chi connectivity index (χ4v) is 2.92. The van der Waals surface area contributed by atoms with E-state index in [9.17, 15) is 0 Å². The van der Waals surface area contributed by atoms with Crippen LogP contribution >= 0.6 is 15.9 Å². The standard InChI is InChI=1S/C12H19NO2.C8H11N.C4H9BrO2/c1-14-12(15-2)10-13-9-8-11-6-4-3-5-7-11;9-7-6-8-4-2-1-3-5-8;1-6-4(3-5)7-2/h3-7,12-13H,8-10H2,1-2H3;1-5H,6-7,9H2;4H,3H2,1-2H3. The van der Waals surface area contributed by atoms with Crippen LogP contribution in [0.25, 0.3) is 0 Å². The highest BCUT2D eigenvalue weighted by Crippen LogP contribution is 1.98. The van der Waals surface area contributed by atoms with Crippen LogP contribution < -0.4 is 11.1 Å². The van der Waals surface area contributed by atoms with Crippen molar-refractivity contribution < 1.29 is 18.9 Å². The number of hydrogen-bond acceptors (Lipinski definition) is 6. The maximum absolute atomic E-state index is 5.36. The number of rotatable bonds is 12. The van der Waals surface area contributed by atoms with Crippen LogP contribution in [0.2, 0.25) is 0 Å². The molecule has 31 heavy (non-hydrogen) atoms. The molecule has 6 nitrogen and oxygen atoms in total. The predicted octanol–water partition coefficient (Wildman–Crippen LogP) is 3.63. The molecule has 0 unspecified atom stereocenters. The van der Waals surface area contributed by atoms with Crippen LogP contribution in [0, 0.1) is 0 Å². The summed E-state index contributed by atoms with van der Waals surface area (Å²) < 4.78 is 19.7. The fraction of sp³-hybridized carbons (Fsp3) is 0.500. The van der Waals surface area contributed by atoms with E-state index in [1.807, 2.05) is 24.3 Å². The lowest BCUT2D eigenvalue weighted by molar-refractivity contribution is -0.0986. The van der Waals surface area contributed by atoms with Gasteiger partial charge in [-0.25, -0.2) is 0 Å². The number of nitrogens with two attached hydrogens (primary N) is 1. The molecule has 0 atom stereocenters. The Hall–Kier alpha value is -1.32. The second-order valence-corrected chi connectivity index (χ2v) is 7.07. The van der Waals surface area contributed by atoms with E-state index in [4.69, 9.17) is 24.7 Å². The van der Waals surface area contributed by atoms with Crippen LogP contribution in [0.4, 0.5) is 0 Å². The van der Waals surface area contributed by atoms with Gasteiger partial charge >= 0.3 is 0 Å². The third kappa shape index (κ3) is 17.0. The third-order valence-corrected chi connectivity index (χ3v) is 4.73. The molecular formula is C24H39BrN2O4. The molecule has 0 aliphatic rings. The van der Waals surface area contributed by atoms with Crippen LogP contribution in [0.15, 0.2) is 60.7 Å². The summed E-state index contributed by atoms with van der Waals surface area (Å²) >= 11 is 3.19. The van der Waals surface area contributed by atoms with Crippen LogP contribution in [0.3, 0.4) is 0 Å². The summed E-state index contributed by atoms with van der Waals surface area (Å²) in [7, 11) is 6.50. The minimum atomic E-state index is -0.152. The average Bonchev–Trinajstić information content (AvgIpc) is 2.83. The number of ether oxygens (including phenoxy) is 4. The zero-order valence-electron chi connectivity index (χ0n) is 19.3. The topological polar surface area (TPSA) is 75.0 Å². The molecule has 7 heteroatoms. The number of methoxy groups -OCH3 is 4. The minimum absolute atomic E-state index is 0.0972. The van der Waals surface area contributed by atoms with Gasteiger partial charge in [0, 0.05) is 35.0 Å². The van der Waals surface area contributed by atoms with Crippen LogP contribution in [0.1, 0.15) is 11.1 Å². The molecule has 0 fully saturated rings. The van der Waals surface area contributed by atoms with Crippen LogP contribution in [0.5, 0.6) is 0 Å². The lowest BCUT2D eigenvalue weighted by Crippen LogP contribution is -2.31. The monoisotopic (exact) mass is 498 g/mol. The third-order valence-electron chi connectivity index (χ3n) is 4.20. The molecule has 3 N–H and O–H groups in total. The molecule has 176 valence electrons. The summed E-state index contributed by atoms with van der Waals surface area (Å²) in [5, 5.41) is 4.01. The van der Waals surface area contributed by atoms with Gasteiger partial charge in [0.2, 0.25) is 0 Å². The molecule has 0 amide bonds. The fourth-order valence-electron chi connectivity index (χ4n) is 2.39. The quantitative estimate of drug-likeness (QED) is 0.264. The minimum Gasteiger partial charge on any atom is -0.355 e. The van der Waals surface area contributed by atoms with E-state index >= 15 is 0 Å². The Balaban J connectivity index is 0.000000479. The maximum Gasteiger partial charge on any atom is 0.169 e. The zero-order valence-corrected chi connectivity index (χ0v) is 20.8. The smallest absolute Gasteiger partial charge is 0.169 e. The van der Waals surface area contributed by atoms with Crippen molar-refractivity contribution in [3.63, 3.8) is 0 Å². The number of benzene rings is 2. The predicted molar refractivity (Wildman–Crippen MR) is 132 cm³/mol. The van der Waals surface area contributed by atoms with Crippen molar-refractivity contribution in [3.8, 4) is 0 Å². The van der Waals surface area contributed by atoms with Crippen LogP contribution in [-0.4, -0.2) is 66.0 Å². The van der Waals surface area contributed by atoms with Gasteiger partial charge in [-0.2, -0.15) is 0 Å². The van der Waals surface area contributed by atoms with Gasteiger partial charge in [-0.15, -0.1) is 0 Å². The SMILES string of the molecule is COC(CBr)OC.COC(CNCCc1ccccc1)OC.NCCc1ccccc1. The summed E-state index contributed by atoms with van der Waals surface area (Å²) in [6.07, 6.45) is 1.77. The van der Waals surface area contributed by atoms with Crippen molar-refractivity contribution in [2.45, 2.75) is 25.4 Å². The van der Waals surface area contributed by atoms with E-state index in [2.05, 4.69) is 57.6 Å². The molecule has 0 aliphatic carbocycles. The Bertz CT molecular complexity index is 592. The Labute approximate surface area is 196 Å². The molecule has 2 aromatic rings. The Morgan fingerprint density at radius 3 is 1.55 bits per heavy atom. The number of hydrogen-bond donors (Lipinski definition) is 2. The van der Waals surface area contributed by atoms with Gasteiger partial charge in [0.15, 0.2) is 12.6 Å². The second kappa shape index (κ2) is 21.9. The molecule has 0 spiro atoms. The van der Waals surface area contributed by atoms with E-state index in [-0.39, 0.29) is 12.6 Å². The first-order valence-corrected chi connectivity index (χ1v) is 11.4. The molecule has 0 saturated carbocycles. The second-order valence-electron chi connectivity index (χ2n) is 6.42. The molecule has 0 saturated heterocycles. The maximum atomic E-state index is 5.36. The zero-order chi connectivity index (χ0) is 23.2. The summed E-state index contributed by atoms with van der Waals surface area (Å²) in [6, 6.07) is 20.7. The van der Waals surface area contributed by atoms with Gasteiger partial charge in [0.25, 0.3) is 0 Å². The van der Waals surface area contributed by atoms with Crippen molar-refractivity contribution in [1.29, 1.82) is 0 Å². The van der Waals surface area contributed by atoms with Gasteiger partial charge < -0.3 is 30.0 Å². The number of halogens is 1. The Morgan fingerprint density at radius 1 is 0.742 bits per heavy atom. The van der Waals surface area contributed by atoms with Crippen molar-refractivity contribution >= 4 is 15.9 Å². The van der Waals surface area contributed by atoms with E-state index < -0.39 is 0 Å². The average molecular weight is 499 g/mol. The molecule has 0 aromatic heterocycles. The lowest BCUT2D eigenvalue weighted by Gasteiger charge is -2.13. The molecule has 0 aliphatic heterocycles. The summed E-state index contributed by atoms with van der Waals surface area (Å²) in [6.45, 7) is 2.40. The number of alkyl halides is 1. The Kier molecular flexibility index (Phi) is 21.0. The van der Waals surface area contributed by atoms with Crippen molar-refractivity contribution in [2.24, 2.45) is 5.73 Å². The highest BCUT2D eigenvalue weighted by molar-refractivity contribution is 9.09.